The molecule has 0 aromatic carbocycles. The van der Waals surface area contributed by atoms with E-state index in [2.05, 4.69) is 24.1 Å². The number of alkyl halides is 3. The molecule has 3 N–H and O–H groups in total. The number of nitrogens with two attached hydrogens (primary N) is 1. The minimum atomic E-state index is -4.45. The predicted molar refractivity (Wildman–Crippen MR) is 75.4 cm³/mol. The Bertz CT molecular complexity index is 419. The van der Waals surface area contributed by atoms with Gasteiger partial charge in [-0.2, -0.15) is 13.2 Å². The highest BCUT2D eigenvalue weighted by Gasteiger charge is 2.32. The van der Waals surface area contributed by atoms with E-state index in [0.29, 0.717) is 18.2 Å². The molecule has 0 aliphatic heterocycles. The number of nitrogen functional groups attached to an aromatic ring is 1. The van der Waals surface area contributed by atoms with Crippen molar-refractivity contribution in [2.75, 3.05) is 17.6 Å². The number of anilines is 2. The monoisotopic (exact) mass is 289 g/mol. The second-order valence-corrected chi connectivity index (χ2v) is 4.95. The third-order valence-electron chi connectivity index (χ3n) is 3.35. The van der Waals surface area contributed by atoms with Crippen molar-refractivity contribution in [1.29, 1.82) is 0 Å². The van der Waals surface area contributed by atoms with Gasteiger partial charge in [0.1, 0.15) is 5.69 Å². The first-order valence-electron chi connectivity index (χ1n) is 6.95. The summed E-state index contributed by atoms with van der Waals surface area (Å²) in [6.45, 7) is 4.83. The van der Waals surface area contributed by atoms with E-state index in [0.717, 1.165) is 37.9 Å². The summed E-state index contributed by atoms with van der Waals surface area (Å²) in [7, 11) is 0. The molecule has 0 radical (unpaired) electrons. The number of aromatic nitrogens is 1. The van der Waals surface area contributed by atoms with Crippen LogP contribution >= 0.6 is 0 Å². The Morgan fingerprint density at radius 3 is 2.60 bits per heavy atom. The topological polar surface area (TPSA) is 50.9 Å². The van der Waals surface area contributed by atoms with Crippen molar-refractivity contribution >= 4 is 11.4 Å². The van der Waals surface area contributed by atoms with Crippen LogP contribution in [-0.4, -0.2) is 11.5 Å². The van der Waals surface area contributed by atoms with Crippen molar-refractivity contribution in [2.24, 2.45) is 5.92 Å². The number of unbranched alkanes of at least 4 members (excludes halogenated alkanes) is 1. The van der Waals surface area contributed by atoms with Crippen LogP contribution in [-0.2, 0) is 6.18 Å². The second kappa shape index (κ2) is 7.36. The summed E-state index contributed by atoms with van der Waals surface area (Å²) < 4.78 is 37.8. The number of halogens is 3. The number of nitrogens with one attached hydrogen (secondary N) is 1. The Morgan fingerprint density at radius 1 is 1.35 bits per heavy atom. The Balaban J connectivity index is 2.71. The van der Waals surface area contributed by atoms with Crippen molar-refractivity contribution < 1.29 is 13.2 Å². The first-order valence-corrected chi connectivity index (χ1v) is 6.95. The zero-order valence-corrected chi connectivity index (χ0v) is 11.9. The molecule has 1 aromatic heterocycles. The number of nitrogens with zero attached hydrogens (tertiary/aromatic N) is 1. The summed E-state index contributed by atoms with van der Waals surface area (Å²) in [6, 6.07) is 0.974. The molecule has 114 valence electrons. The normalized spacial score (nSPS) is 13.2. The Labute approximate surface area is 117 Å². The van der Waals surface area contributed by atoms with Gasteiger partial charge in [0.25, 0.3) is 0 Å². The van der Waals surface area contributed by atoms with Gasteiger partial charge in [-0.05, 0) is 18.4 Å². The number of rotatable bonds is 7. The van der Waals surface area contributed by atoms with E-state index in [1.165, 1.54) is 0 Å². The lowest BCUT2D eigenvalue weighted by Gasteiger charge is -2.18. The van der Waals surface area contributed by atoms with E-state index >= 15 is 0 Å². The quantitative estimate of drug-likeness (QED) is 0.786. The minimum Gasteiger partial charge on any atom is -0.396 e. The molecule has 20 heavy (non-hydrogen) atoms. The maximum Gasteiger partial charge on any atom is 0.433 e. The van der Waals surface area contributed by atoms with Crippen molar-refractivity contribution in [3.05, 3.63) is 18.0 Å². The van der Waals surface area contributed by atoms with Crippen LogP contribution in [0, 0.1) is 5.92 Å². The fraction of sp³-hybridized carbons (Fsp3) is 0.643. The van der Waals surface area contributed by atoms with Gasteiger partial charge < -0.3 is 11.1 Å². The van der Waals surface area contributed by atoms with E-state index < -0.39 is 11.9 Å². The van der Waals surface area contributed by atoms with Gasteiger partial charge in [0.2, 0.25) is 0 Å². The number of hydrogen-bond acceptors (Lipinski definition) is 3. The van der Waals surface area contributed by atoms with Gasteiger partial charge in [-0.15, -0.1) is 0 Å². The molecule has 0 bridgehead atoms. The van der Waals surface area contributed by atoms with E-state index in [4.69, 9.17) is 5.73 Å². The van der Waals surface area contributed by atoms with Gasteiger partial charge in [0.05, 0.1) is 17.6 Å². The van der Waals surface area contributed by atoms with Gasteiger partial charge in [0, 0.05) is 6.54 Å². The smallest absolute Gasteiger partial charge is 0.396 e. The zero-order valence-electron chi connectivity index (χ0n) is 11.9. The fourth-order valence-electron chi connectivity index (χ4n) is 1.97. The largest absolute Gasteiger partial charge is 0.433 e. The molecule has 3 nitrogen and oxygen atoms in total. The van der Waals surface area contributed by atoms with Gasteiger partial charge in [0.15, 0.2) is 0 Å². The molecule has 0 saturated heterocycles. The number of hydrogen-bond donors (Lipinski definition) is 2. The molecule has 0 spiro atoms. The average molecular weight is 289 g/mol. The third-order valence-corrected chi connectivity index (χ3v) is 3.35. The molecule has 1 aromatic rings. The summed E-state index contributed by atoms with van der Waals surface area (Å²) in [5, 5.41) is 3.02. The molecular weight excluding hydrogens is 267 g/mol. The van der Waals surface area contributed by atoms with Crippen LogP contribution in [0.5, 0.6) is 0 Å². The van der Waals surface area contributed by atoms with Gasteiger partial charge >= 0.3 is 6.18 Å². The van der Waals surface area contributed by atoms with Crippen LogP contribution in [0.15, 0.2) is 12.3 Å². The average Bonchev–Trinajstić information content (AvgIpc) is 2.39. The molecule has 0 saturated carbocycles. The second-order valence-electron chi connectivity index (χ2n) is 4.95. The Kier molecular flexibility index (Phi) is 6.10. The molecule has 0 aliphatic rings. The lowest BCUT2D eigenvalue weighted by Crippen LogP contribution is -2.16. The summed E-state index contributed by atoms with van der Waals surface area (Å²) in [6.07, 6.45) is 0.905. The maximum absolute atomic E-state index is 12.6. The van der Waals surface area contributed by atoms with Gasteiger partial charge in [-0.3, -0.25) is 0 Å². The van der Waals surface area contributed by atoms with E-state index in [1.54, 1.807) is 0 Å². The number of pyridine rings is 1. The van der Waals surface area contributed by atoms with Gasteiger partial charge in [-0.25, -0.2) is 4.98 Å². The maximum atomic E-state index is 12.6. The lowest BCUT2D eigenvalue weighted by atomic mass is 9.99. The van der Waals surface area contributed by atoms with Crippen molar-refractivity contribution in [1.82, 2.24) is 4.98 Å². The minimum absolute atomic E-state index is 0.239. The van der Waals surface area contributed by atoms with E-state index in [9.17, 15) is 13.2 Å². The summed E-state index contributed by atoms with van der Waals surface area (Å²) in [4.78, 5) is 3.32. The van der Waals surface area contributed by atoms with Crippen molar-refractivity contribution in [3.8, 4) is 0 Å². The molecule has 0 amide bonds. The van der Waals surface area contributed by atoms with Crippen LogP contribution < -0.4 is 11.1 Å². The van der Waals surface area contributed by atoms with E-state index in [1.807, 2.05) is 0 Å². The standard InChI is InChI=1S/C14H22F3N3/c1-3-5-6-10(4-2)8-19-12-7-13(14(15,16)17)20-9-11(12)18/h7,9-10H,3-6,8,18H2,1-2H3,(H,19,20). The molecule has 1 atom stereocenters. The summed E-state index contributed by atoms with van der Waals surface area (Å²) in [5.74, 6) is 0.442. The summed E-state index contributed by atoms with van der Waals surface area (Å²) in [5.41, 5.74) is 5.29. The molecule has 6 heteroatoms. The van der Waals surface area contributed by atoms with Crippen molar-refractivity contribution in [3.63, 3.8) is 0 Å². The van der Waals surface area contributed by atoms with E-state index in [-0.39, 0.29) is 5.69 Å². The third kappa shape index (κ3) is 4.90. The molecule has 1 unspecified atom stereocenters. The fourth-order valence-corrected chi connectivity index (χ4v) is 1.97. The Hall–Kier alpha value is -1.46. The first kappa shape index (κ1) is 16.6. The van der Waals surface area contributed by atoms with Crippen molar-refractivity contribution in [2.45, 2.75) is 45.7 Å². The molecule has 1 rings (SSSR count). The van der Waals surface area contributed by atoms with Crippen LogP contribution in [0.3, 0.4) is 0 Å². The highest BCUT2D eigenvalue weighted by atomic mass is 19.4. The zero-order chi connectivity index (χ0) is 15.2. The molecule has 1 heterocycles. The van der Waals surface area contributed by atoms with Crippen LogP contribution in [0.4, 0.5) is 24.5 Å². The Morgan fingerprint density at radius 2 is 2.05 bits per heavy atom. The van der Waals surface area contributed by atoms with Crippen LogP contribution in [0.1, 0.15) is 45.2 Å². The highest BCUT2D eigenvalue weighted by molar-refractivity contribution is 5.65. The van der Waals surface area contributed by atoms with Crippen LogP contribution in [0.2, 0.25) is 0 Å². The van der Waals surface area contributed by atoms with Crippen LogP contribution in [0.25, 0.3) is 0 Å². The lowest BCUT2D eigenvalue weighted by molar-refractivity contribution is -0.141. The molecular formula is C14H22F3N3. The molecule has 0 fully saturated rings. The summed E-state index contributed by atoms with van der Waals surface area (Å²) >= 11 is 0. The highest BCUT2D eigenvalue weighted by Crippen LogP contribution is 2.31. The molecule has 0 aliphatic carbocycles. The SMILES string of the molecule is CCCCC(CC)CNc1cc(C(F)(F)F)ncc1N. The predicted octanol–water partition coefficient (Wildman–Crippen LogP) is 4.31. The first-order chi connectivity index (χ1) is 9.38. The van der Waals surface area contributed by atoms with Gasteiger partial charge in [-0.1, -0.05) is 33.1 Å².